The Bertz CT molecular complexity index is 634. The van der Waals surface area contributed by atoms with Gasteiger partial charge in [-0.3, -0.25) is 0 Å². The quantitative estimate of drug-likeness (QED) is 0.760. The van der Waals surface area contributed by atoms with E-state index in [2.05, 4.69) is 26.1 Å². The van der Waals surface area contributed by atoms with Crippen LogP contribution in [0, 0.1) is 0 Å². The number of aromatic nitrogens is 2. The minimum Gasteiger partial charge on any atom is -0.336 e. The summed E-state index contributed by atoms with van der Waals surface area (Å²) in [5.74, 6) is 0.917. The van der Waals surface area contributed by atoms with Gasteiger partial charge in [-0.15, -0.1) is 0 Å². The molecule has 7 heteroatoms. The number of amides is 2. The van der Waals surface area contributed by atoms with Crippen molar-refractivity contribution in [2.75, 3.05) is 10.6 Å². The van der Waals surface area contributed by atoms with Crippen LogP contribution in [-0.4, -0.2) is 22.2 Å². The Balaban J connectivity index is 1.85. The van der Waals surface area contributed by atoms with Gasteiger partial charge in [-0.05, 0) is 31.5 Å². The van der Waals surface area contributed by atoms with Gasteiger partial charge in [0.2, 0.25) is 0 Å². The van der Waals surface area contributed by atoms with E-state index in [0.717, 1.165) is 11.3 Å². The lowest BCUT2D eigenvalue weighted by Gasteiger charge is -2.10. The number of hydrogen-bond acceptors (Lipinski definition) is 5. The lowest BCUT2D eigenvalue weighted by Crippen LogP contribution is -2.34. The Hall–Kier alpha value is -2.57. The highest BCUT2D eigenvalue weighted by atomic mass is 16.5. The van der Waals surface area contributed by atoms with Gasteiger partial charge in [0.1, 0.15) is 0 Å². The summed E-state index contributed by atoms with van der Waals surface area (Å²) in [4.78, 5) is 15.9. The summed E-state index contributed by atoms with van der Waals surface area (Å²) in [5, 5.41) is 12.5. The first-order valence-electron chi connectivity index (χ1n) is 7.68. The normalized spacial score (nSPS) is 10.9. The van der Waals surface area contributed by atoms with Crippen molar-refractivity contribution >= 4 is 17.7 Å². The summed E-state index contributed by atoms with van der Waals surface area (Å²) in [6.45, 7) is 8.41. The predicted molar refractivity (Wildman–Crippen MR) is 89.4 cm³/mol. The van der Waals surface area contributed by atoms with E-state index in [4.69, 9.17) is 4.52 Å². The highest BCUT2D eigenvalue weighted by Gasteiger charge is 2.09. The molecule has 0 radical (unpaired) electrons. The summed E-state index contributed by atoms with van der Waals surface area (Å²) >= 11 is 0. The minimum atomic E-state index is -0.210. The number of benzene rings is 1. The van der Waals surface area contributed by atoms with Crippen LogP contribution in [0.25, 0.3) is 0 Å². The second kappa shape index (κ2) is 7.62. The van der Waals surface area contributed by atoms with Crippen molar-refractivity contribution in [3.05, 3.63) is 35.7 Å². The first kappa shape index (κ1) is 16.8. The fourth-order valence-electron chi connectivity index (χ4n) is 1.85. The van der Waals surface area contributed by atoms with Gasteiger partial charge < -0.3 is 20.5 Å². The maximum absolute atomic E-state index is 11.6. The average Bonchev–Trinajstić information content (AvgIpc) is 2.95. The molecular weight excluding hydrogens is 294 g/mol. The average molecular weight is 317 g/mol. The molecule has 1 aromatic heterocycles. The van der Waals surface area contributed by atoms with Crippen LogP contribution >= 0.6 is 0 Å². The van der Waals surface area contributed by atoms with Crippen molar-refractivity contribution in [1.82, 2.24) is 15.5 Å². The molecule has 7 nitrogen and oxygen atoms in total. The molecule has 0 bridgehead atoms. The maximum atomic E-state index is 11.6. The summed E-state index contributed by atoms with van der Waals surface area (Å²) in [5.41, 5.74) is 1.79. The molecule has 1 heterocycles. The first-order valence-corrected chi connectivity index (χ1v) is 7.68. The van der Waals surface area contributed by atoms with Gasteiger partial charge in [0.25, 0.3) is 0 Å². The zero-order chi connectivity index (χ0) is 16.8. The summed E-state index contributed by atoms with van der Waals surface area (Å²) in [6.07, 6.45) is 0. The monoisotopic (exact) mass is 317 g/mol. The number of anilines is 2. The molecule has 1 aromatic carbocycles. The molecule has 3 N–H and O–H groups in total. The predicted octanol–water partition coefficient (Wildman–Crippen LogP) is 3.34. The molecule has 0 saturated carbocycles. The van der Waals surface area contributed by atoms with E-state index in [-0.39, 0.29) is 18.0 Å². The van der Waals surface area contributed by atoms with Crippen LogP contribution in [0.5, 0.6) is 0 Å². The van der Waals surface area contributed by atoms with E-state index in [1.807, 2.05) is 52.0 Å². The molecule has 124 valence electrons. The molecule has 0 aliphatic rings. The van der Waals surface area contributed by atoms with Crippen molar-refractivity contribution < 1.29 is 9.32 Å². The Morgan fingerprint density at radius 1 is 1.17 bits per heavy atom. The van der Waals surface area contributed by atoms with Gasteiger partial charge in [-0.2, -0.15) is 4.98 Å². The number of carbonyl (C=O) groups is 1. The van der Waals surface area contributed by atoms with Crippen molar-refractivity contribution in [3.8, 4) is 0 Å². The van der Waals surface area contributed by atoms with Crippen molar-refractivity contribution in [3.63, 3.8) is 0 Å². The summed E-state index contributed by atoms with van der Waals surface area (Å²) in [6, 6.07) is 7.86. The maximum Gasteiger partial charge on any atom is 0.321 e. The van der Waals surface area contributed by atoms with Crippen LogP contribution in [0.15, 0.2) is 28.8 Å². The van der Waals surface area contributed by atoms with E-state index < -0.39 is 0 Å². The third-order valence-electron chi connectivity index (χ3n) is 3.03. The number of hydrogen-bond donors (Lipinski definition) is 3. The number of rotatable bonds is 6. The molecule has 0 aliphatic carbocycles. The second-order valence-electron chi connectivity index (χ2n) is 5.92. The van der Waals surface area contributed by atoms with E-state index in [1.165, 1.54) is 0 Å². The Morgan fingerprint density at radius 2 is 1.87 bits per heavy atom. The number of carbonyl (C=O) groups excluding carboxylic acids is 1. The molecule has 0 unspecified atom stereocenters. The van der Waals surface area contributed by atoms with Gasteiger partial charge in [0.15, 0.2) is 5.82 Å². The van der Waals surface area contributed by atoms with E-state index >= 15 is 0 Å². The van der Waals surface area contributed by atoms with Crippen LogP contribution in [0.1, 0.15) is 45.0 Å². The van der Waals surface area contributed by atoms with Crippen LogP contribution in [-0.2, 0) is 6.54 Å². The number of urea groups is 1. The van der Waals surface area contributed by atoms with E-state index in [0.29, 0.717) is 18.4 Å². The standard InChI is InChI=1S/C16H23N5O2/c1-10(2)14-20-16(23-21-14)17-9-12-5-7-13(8-6-12)19-15(22)18-11(3)4/h5-8,10-11H,9H2,1-4H3,(H,17,20,21)(H2,18,19,22). The van der Waals surface area contributed by atoms with Crippen LogP contribution in [0.2, 0.25) is 0 Å². The van der Waals surface area contributed by atoms with Crippen LogP contribution in [0.4, 0.5) is 16.5 Å². The topological polar surface area (TPSA) is 92.1 Å². The third kappa shape index (κ3) is 5.28. The van der Waals surface area contributed by atoms with Gasteiger partial charge in [-0.25, -0.2) is 4.79 Å². The Kier molecular flexibility index (Phi) is 5.56. The number of nitrogens with zero attached hydrogens (tertiary/aromatic N) is 2. The molecule has 0 spiro atoms. The largest absolute Gasteiger partial charge is 0.336 e. The Morgan fingerprint density at radius 3 is 2.43 bits per heavy atom. The minimum absolute atomic E-state index is 0.101. The second-order valence-corrected chi connectivity index (χ2v) is 5.92. The molecular formula is C16H23N5O2. The molecule has 2 amide bonds. The third-order valence-corrected chi connectivity index (χ3v) is 3.03. The first-order chi connectivity index (χ1) is 10.9. The molecule has 2 rings (SSSR count). The van der Waals surface area contributed by atoms with Crippen molar-refractivity contribution in [1.29, 1.82) is 0 Å². The van der Waals surface area contributed by atoms with Crippen molar-refractivity contribution in [2.45, 2.75) is 46.2 Å². The SMILES string of the molecule is CC(C)NC(=O)Nc1ccc(CNc2nc(C(C)C)no2)cc1. The molecule has 0 saturated heterocycles. The zero-order valence-corrected chi connectivity index (χ0v) is 13.9. The summed E-state index contributed by atoms with van der Waals surface area (Å²) in [7, 11) is 0. The highest BCUT2D eigenvalue weighted by Crippen LogP contribution is 2.14. The van der Waals surface area contributed by atoms with Gasteiger partial charge in [-0.1, -0.05) is 31.1 Å². The van der Waals surface area contributed by atoms with Crippen LogP contribution in [0.3, 0.4) is 0 Å². The summed E-state index contributed by atoms with van der Waals surface area (Å²) < 4.78 is 5.12. The van der Waals surface area contributed by atoms with Gasteiger partial charge in [0.05, 0.1) is 0 Å². The molecule has 0 aliphatic heterocycles. The molecule has 0 fully saturated rings. The zero-order valence-electron chi connectivity index (χ0n) is 13.9. The van der Waals surface area contributed by atoms with Gasteiger partial charge in [0, 0.05) is 24.2 Å². The van der Waals surface area contributed by atoms with Crippen LogP contribution < -0.4 is 16.0 Å². The smallest absolute Gasteiger partial charge is 0.321 e. The number of nitrogens with one attached hydrogen (secondary N) is 3. The van der Waals surface area contributed by atoms with Crippen molar-refractivity contribution in [2.24, 2.45) is 0 Å². The Labute approximate surface area is 135 Å². The van der Waals surface area contributed by atoms with E-state index in [1.54, 1.807) is 0 Å². The molecule has 2 aromatic rings. The fourth-order valence-corrected chi connectivity index (χ4v) is 1.85. The lowest BCUT2D eigenvalue weighted by molar-refractivity contribution is 0.250. The molecule has 23 heavy (non-hydrogen) atoms. The molecule has 0 atom stereocenters. The van der Waals surface area contributed by atoms with E-state index in [9.17, 15) is 4.79 Å². The highest BCUT2D eigenvalue weighted by molar-refractivity contribution is 5.89. The van der Waals surface area contributed by atoms with Gasteiger partial charge >= 0.3 is 12.0 Å². The fraction of sp³-hybridized carbons (Fsp3) is 0.438. The lowest BCUT2D eigenvalue weighted by atomic mass is 10.2.